The minimum Gasteiger partial charge on any atom is -0.482 e. The average Bonchev–Trinajstić information content (AvgIpc) is 2.20. The fourth-order valence-corrected chi connectivity index (χ4v) is 0.874. The number of aliphatic hydroxyl groups excluding tert-OH is 1. The number of rotatable bonds is 4. The van der Waals surface area contributed by atoms with Crippen LogP contribution in [0.1, 0.15) is 5.76 Å². The average molecular weight is 217 g/mol. The summed E-state index contributed by atoms with van der Waals surface area (Å²) in [6, 6.07) is 1.18. The smallest absolute Gasteiger partial charge is 0.227 e. The van der Waals surface area contributed by atoms with Crippen LogP contribution in [-0.2, 0) is 6.61 Å². The van der Waals surface area contributed by atoms with E-state index in [9.17, 15) is 4.79 Å². The van der Waals surface area contributed by atoms with Crippen molar-refractivity contribution in [3.8, 4) is 5.75 Å². The monoisotopic (exact) mass is 216 g/mol. The summed E-state index contributed by atoms with van der Waals surface area (Å²) in [4.78, 5) is 11.2. The molecule has 1 aromatic heterocycles. The quantitative estimate of drug-likeness (QED) is 0.823. The third-order valence-electron chi connectivity index (χ3n) is 1.43. The van der Waals surface area contributed by atoms with Crippen LogP contribution in [0.15, 0.2) is 33.2 Å². The van der Waals surface area contributed by atoms with Crippen LogP contribution in [0.3, 0.4) is 0 Å². The lowest BCUT2D eigenvalue weighted by atomic mass is 10.4. The number of hydrogen-bond donors (Lipinski definition) is 1. The van der Waals surface area contributed by atoms with Crippen molar-refractivity contribution < 1.29 is 14.3 Å². The molecule has 0 aliphatic heterocycles. The molecule has 1 aromatic rings. The van der Waals surface area contributed by atoms with Gasteiger partial charge in [-0.05, 0) is 6.08 Å². The van der Waals surface area contributed by atoms with Gasteiger partial charge >= 0.3 is 0 Å². The van der Waals surface area contributed by atoms with Crippen LogP contribution in [-0.4, -0.2) is 11.7 Å². The second kappa shape index (κ2) is 5.47. The molecule has 0 radical (unpaired) electrons. The first-order valence-electron chi connectivity index (χ1n) is 3.88. The zero-order valence-corrected chi connectivity index (χ0v) is 8.03. The standard InChI is InChI=1S/C9H9ClO4/c10-2-1-3-13-9-6-14-7(5-11)4-8(9)12/h1-2,4,6,11H,3,5H2. The van der Waals surface area contributed by atoms with E-state index < -0.39 is 0 Å². The Morgan fingerprint density at radius 3 is 3.00 bits per heavy atom. The molecule has 0 aliphatic carbocycles. The van der Waals surface area contributed by atoms with Gasteiger partial charge in [0.15, 0.2) is 0 Å². The summed E-state index contributed by atoms with van der Waals surface area (Å²) in [5, 5.41) is 8.66. The molecule has 4 nitrogen and oxygen atoms in total. The Bertz CT molecular complexity index is 369. The Hall–Kier alpha value is -1.26. The summed E-state index contributed by atoms with van der Waals surface area (Å²) in [6.45, 7) is -0.107. The van der Waals surface area contributed by atoms with Gasteiger partial charge in [0.05, 0.1) is 0 Å². The fourth-order valence-electron chi connectivity index (χ4n) is 0.801. The van der Waals surface area contributed by atoms with E-state index in [0.717, 1.165) is 6.26 Å². The SMILES string of the molecule is O=c1cc(CO)occ1OCC=CCl. The summed E-state index contributed by atoms with van der Waals surface area (Å²) in [5.74, 6) is 0.298. The molecule has 1 heterocycles. The number of aliphatic hydroxyl groups is 1. The van der Waals surface area contributed by atoms with Crippen molar-refractivity contribution in [2.24, 2.45) is 0 Å². The first-order chi connectivity index (χ1) is 6.77. The van der Waals surface area contributed by atoms with E-state index in [1.54, 1.807) is 6.08 Å². The van der Waals surface area contributed by atoms with Gasteiger partial charge in [-0.15, -0.1) is 0 Å². The van der Waals surface area contributed by atoms with Crippen molar-refractivity contribution in [1.29, 1.82) is 0 Å². The highest BCUT2D eigenvalue weighted by atomic mass is 35.5. The summed E-state index contributed by atoms with van der Waals surface area (Å²) < 4.78 is 9.90. The van der Waals surface area contributed by atoms with E-state index >= 15 is 0 Å². The molecule has 0 bridgehead atoms. The highest BCUT2D eigenvalue weighted by Crippen LogP contribution is 2.05. The second-order valence-corrected chi connectivity index (χ2v) is 2.66. The second-order valence-electron chi connectivity index (χ2n) is 2.41. The molecule has 0 atom stereocenters. The van der Waals surface area contributed by atoms with E-state index in [4.69, 9.17) is 25.9 Å². The lowest BCUT2D eigenvalue weighted by molar-refractivity contribution is 0.239. The van der Waals surface area contributed by atoms with Gasteiger partial charge in [0.25, 0.3) is 0 Å². The van der Waals surface area contributed by atoms with E-state index in [0.29, 0.717) is 0 Å². The van der Waals surface area contributed by atoms with E-state index in [1.165, 1.54) is 11.6 Å². The minimum atomic E-state index is -0.330. The van der Waals surface area contributed by atoms with E-state index in [2.05, 4.69) is 0 Å². The Morgan fingerprint density at radius 2 is 2.43 bits per heavy atom. The van der Waals surface area contributed by atoms with Crippen LogP contribution in [0.2, 0.25) is 0 Å². The topological polar surface area (TPSA) is 59.7 Å². The van der Waals surface area contributed by atoms with Crippen molar-refractivity contribution in [2.75, 3.05) is 6.61 Å². The molecule has 0 aromatic carbocycles. The summed E-state index contributed by atoms with van der Waals surface area (Å²) in [5.41, 5.74) is 0.965. The molecular weight excluding hydrogens is 208 g/mol. The number of hydrogen-bond acceptors (Lipinski definition) is 4. The Balaban J connectivity index is 2.74. The molecule has 0 saturated carbocycles. The predicted octanol–water partition coefficient (Wildman–Crippen LogP) is 1.26. The fraction of sp³-hybridized carbons (Fsp3) is 0.222. The zero-order chi connectivity index (χ0) is 10.4. The van der Waals surface area contributed by atoms with Crippen LogP contribution in [0.4, 0.5) is 0 Å². The molecule has 0 fully saturated rings. The molecule has 0 saturated heterocycles. The third kappa shape index (κ3) is 2.90. The van der Waals surface area contributed by atoms with Gasteiger partial charge in [0.2, 0.25) is 11.2 Å². The predicted molar refractivity (Wildman–Crippen MR) is 51.4 cm³/mol. The van der Waals surface area contributed by atoms with Crippen molar-refractivity contribution in [2.45, 2.75) is 6.61 Å². The van der Waals surface area contributed by atoms with Crippen molar-refractivity contribution in [3.05, 3.63) is 39.9 Å². The van der Waals surface area contributed by atoms with Gasteiger partial charge in [0.1, 0.15) is 25.2 Å². The van der Waals surface area contributed by atoms with Crippen LogP contribution >= 0.6 is 11.6 Å². The van der Waals surface area contributed by atoms with Crippen LogP contribution in [0.25, 0.3) is 0 Å². The molecule has 5 heteroatoms. The maximum atomic E-state index is 11.2. The molecule has 1 rings (SSSR count). The molecule has 76 valence electrons. The van der Waals surface area contributed by atoms with Gasteiger partial charge < -0.3 is 14.3 Å². The molecule has 0 amide bonds. The first-order valence-corrected chi connectivity index (χ1v) is 4.32. The number of halogens is 1. The van der Waals surface area contributed by atoms with Crippen molar-refractivity contribution >= 4 is 11.6 Å². The normalized spacial score (nSPS) is 10.7. The lowest BCUT2D eigenvalue weighted by Gasteiger charge is -2.01. The molecule has 1 N–H and O–H groups in total. The zero-order valence-electron chi connectivity index (χ0n) is 7.27. The van der Waals surface area contributed by atoms with Gasteiger partial charge in [-0.3, -0.25) is 4.79 Å². The lowest BCUT2D eigenvalue weighted by Crippen LogP contribution is -2.07. The van der Waals surface area contributed by atoms with Gasteiger partial charge in [-0.2, -0.15) is 0 Å². The Kier molecular flexibility index (Phi) is 4.22. The Morgan fingerprint density at radius 1 is 1.64 bits per heavy atom. The molecule has 0 aliphatic rings. The third-order valence-corrected chi connectivity index (χ3v) is 1.61. The largest absolute Gasteiger partial charge is 0.482 e. The summed E-state index contributed by atoms with van der Waals surface area (Å²) >= 11 is 5.26. The van der Waals surface area contributed by atoms with Gasteiger partial charge in [-0.1, -0.05) is 11.6 Å². The molecule has 0 unspecified atom stereocenters. The van der Waals surface area contributed by atoms with E-state index in [-0.39, 0.29) is 30.2 Å². The van der Waals surface area contributed by atoms with Crippen molar-refractivity contribution in [3.63, 3.8) is 0 Å². The highest BCUT2D eigenvalue weighted by molar-refractivity contribution is 6.25. The highest BCUT2D eigenvalue weighted by Gasteiger charge is 2.02. The van der Waals surface area contributed by atoms with Gasteiger partial charge in [-0.25, -0.2) is 0 Å². The van der Waals surface area contributed by atoms with Gasteiger partial charge in [0, 0.05) is 11.6 Å². The molecule has 0 spiro atoms. The van der Waals surface area contributed by atoms with Crippen LogP contribution in [0.5, 0.6) is 5.75 Å². The minimum absolute atomic E-state index is 0.0944. The maximum absolute atomic E-state index is 11.2. The summed E-state index contributed by atoms with van der Waals surface area (Å²) in [7, 11) is 0. The first kappa shape index (κ1) is 10.8. The van der Waals surface area contributed by atoms with Crippen LogP contribution in [0, 0.1) is 0 Å². The number of ether oxygens (including phenoxy) is 1. The van der Waals surface area contributed by atoms with Crippen LogP contribution < -0.4 is 10.2 Å². The van der Waals surface area contributed by atoms with Crippen molar-refractivity contribution in [1.82, 2.24) is 0 Å². The molecule has 14 heavy (non-hydrogen) atoms. The maximum Gasteiger partial charge on any atom is 0.227 e. The summed E-state index contributed by atoms with van der Waals surface area (Å²) in [6.07, 6.45) is 2.71. The van der Waals surface area contributed by atoms with E-state index in [1.807, 2.05) is 0 Å². The Labute approximate surface area is 85.4 Å². The molecular formula is C9H9ClO4.